The fraction of sp³-hybridized carbons (Fsp3) is 0.263. The molecule has 0 aliphatic carbocycles. The van der Waals surface area contributed by atoms with Gasteiger partial charge < -0.3 is 10.2 Å². The molecule has 1 aromatic carbocycles. The van der Waals surface area contributed by atoms with E-state index in [0.29, 0.717) is 39.7 Å². The number of rotatable bonds is 5. The van der Waals surface area contributed by atoms with Gasteiger partial charge in [0, 0.05) is 20.0 Å². The lowest BCUT2D eigenvalue weighted by molar-refractivity contribution is -0.117. The van der Waals surface area contributed by atoms with Crippen molar-refractivity contribution in [2.75, 3.05) is 22.5 Å². The van der Waals surface area contributed by atoms with E-state index in [9.17, 15) is 14.4 Å². The largest absolute Gasteiger partial charge is 0.324 e. The molecule has 0 spiro atoms. The summed E-state index contributed by atoms with van der Waals surface area (Å²) in [6.07, 6.45) is 1.35. The Morgan fingerprint density at radius 2 is 2.11 bits per heavy atom. The van der Waals surface area contributed by atoms with Gasteiger partial charge in [0.2, 0.25) is 11.8 Å². The van der Waals surface area contributed by atoms with Gasteiger partial charge in [-0.2, -0.15) is 0 Å². The summed E-state index contributed by atoms with van der Waals surface area (Å²) in [6.45, 7) is 0.660. The Morgan fingerprint density at radius 3 is 2.89 bits per heavy atom. The highest BCUT2D eigenvalue weighted by molar-refractivity contribution is 7.99. The van der Waals surface area contributed by atoms with Crippen molar-refractivity contribution in [2.24, 2.45) is 7.05 Å². The summed E-state index contributed by atoms with van der Waals surface area (Å²) in [7, 11) is 1.66. The maximum Gasteiger partial charge on any atom is 0.271 e. The maximum absolute atomic E-state index is 12.5. The number of thiophene rings is 1. The molecule has 9 heteroatoms. The van der Waals surface area contributed by atoms with Crippen LogP contribution < -0.4 is 15.8 Å². The monoisotopic (exact) mass is 414 g/mol. The second-order valence-corrected chi connectivity index (χ2v) is 8.26. The molecule has 0 atom stereocenters. The van der Waals surface area contributed by atoms with Crippen LogP contribution in [0.3, 0.4) is 0 Å². The molecule has 7 nitrogen and oxygen atoms in total. The van der Waals surface area contributed by atoms with Gasteiger partial charge in [-0.25, -0.2) is 4.98 Å². The Morgan fingerprint density at radius 1 is 1.29 bits per heavy atom. The predicted molar refractivity (Wildman–Crippen MR) is 112 cm³/mol. The molecule has 1 aliphatic rings. The highest BCUT2D eigenvalue weighted by Gasteiger charge is 2.24. The number of amides is 2. The maximum atomic E-state index is 12.5. The third-order valence-electron chi connectivity index (χ3n) is 4.52. The fourth-order valence-corrected chi connectivity index (χ4v) is 4.71. The van der Waals surface area contributed by atoms with E-state index < -0.39 is 0 Å². The minimum absolute atomic E-state index is 0.0688. The first-order valence-corrected chi connectivity index (χ1v) is 10.7. The molecule has 0 radical (unpaired) electrons. The molecule has 2 aromatic heterocycles. The standard InChI is InChI=1S/C19H18N4O3S2/c1-22-18(26)17-13(8-10-27-17)21-19(22)28-11-15(24)20-12-5-2-3-6-14(12)23-9-4-7-16(23)25/h2-3,5-6,8,10H,4,7,9,11H2,1H3,(H,20,24). The van der Waals surface area contributed by atoms with Gasteiger partial charge in [0.15, 0.2) is 5.16 Å². The molecule has 28 heavy (non-hydrogen) atoms. The zero-order chi connectivity index (χ0) is 19.7. The van der Waals surface area contributed by atoms with E-state index in [0.717, 1.165) is 6.42 Å². The summed E-state index contributed by atoms with van der Waals surface area (Å²) >= 11 is 2.57. The smallest absolute Gasteiger partial charge is 0.271 e. The average molecular weight is 415 g/mol. The zero-order valence-electron chi connectivity index (χ0n) is 15.2. The van der Waals surface area contributed by atoms with Crippen LogP contribution in [0.15, 0.2) is 45.7 Å². The minimum atomic E-state index is -0.219. The van der Waals surface area contributed by atoms with E-state index in [1.165, 1.54) is 27.7 Å². The van der Waals surface area contributed by atoms with E-state index >= 15 is 0 Å². The third-order valence-corrected chi connectivity index (χ3v) is 6.44. The average Bonchev–Trinajstić information content (AvgIpc) is 3.33. The number of nitrogens with one attached hydrogen (secondary N) is 1. The molecule has 2 amide bonds. The van der Waals surface area contributed by atoms with Crippen LogP contribution in [0.1, 0.15) is 12.8 Å². The molecule has 0 saturated carbocycles. The van der Waals surface area contributed by atoms with Crippen molar-refractivity contribution in [2.45, 2.75) is 18.0 Å². The number of hydrogen-bond donors (Lipinski definition) is 1. The van der Waals surface area contributed by atoms with Gasteiger partial charge in [-0.15, -0.1) is 11.3 Å². The SMILES string of the molecule is Cn1c(SCC(=O)Nc2ccccc2N2CCCC2=O)nc2ccsc2c1=O. The Labute approximate surface area is 169 Å². The number of aromatic nitrogens is 2. The van der Waals surface area contributed by atoms with Gasteiger partial charge in [-0.1, -0.05) is 23.9 Å². The Balaban J connectivity index is 1.48. The van der Waals surface area contributed by atoms with E-state index in [1.54, 1.807) is 24.1 Å². The van der Waals surface area contributed by atoms with E-state index in [-0.39, 0.29) is 23.1 Å². The summed E-state index contributed by atoms with van der Waals surface area (Å²) in [6, 6.07) is 9.09. The number of anilines is 2. The fourth-order valence-electron chi connectivity index (χ4n) is 3.13. The summed E-state index contributed by atoms with van der Waals surface area (Å²) in [5, 5.41) is 5.20. The lowest BCUT2D eigenvalue weighted by atomic mass is 10.2. The van der Waals surface area contributed by atoms with Gasteiger partial charge in [0.05, 0.1) is 22.6 Å². The van der Waals surface area contributed by atoms with Crippen molar-refractivity contribution in [3.8, 4) is 0 Å². The van der Waals surface area contributed by atoms with E-state index in [1.807, 2.05) is 23.6 Å². The van der Waals surface area contributed by atoms with Crippen LogP contribution in [0, 0.1) is 0 Å². The van der Waals surface area contributed by atoms with Crippen LogP contribution in [0.5, 0.6) is 0 Å². The first-order valence-electron chi connectivity index (χ1n) is 8.81. The van der Waals surface area contributed by atoms with Gasteiger partial charge in [0.1, 0.15) is 4.70 Å². The Kier molecular flexibility index (Phi) is 5.19. The first-order chi connectivity index (χ1) is 13.5. The van der Waals surface area contributed by atoms with Crippen molar-refractivity contribution < 1.29 is 9.59 Å². The quantitative estimate of drug-likeness (QED) is 0.513. The molecular formula is C19H18N4O3S2. The van der Waals surface area contributed by atoms with Crippen LogP contribution in [-0.4, -0.2) is 33.7 Å². The number of thioether (sulfide) groups is 1. The summed E-state index contributed by atoms with van der Waals surface area (Å²) in [5.41, 5.74) is 1.86. The number of benzene rings is 1. The minimum Gasteiger partial charge on any atom is -0.324 e. The second kappa shape index (κ2) is 7.76. The summed E-state index contributed by atoms with van der Waals surface area (Å²) < 4.78 is 2.08. The molecule has 1 fully saturated rings. The molecule has 144 valence electrons. The molecule has 1 saturated heterocycles. The number of hydrogen-bond acceptors (Lipinski definition) is 6. The molecular weight excluding hydrogens is 396 g/mol. The topological polar surface area (TPSA) is 84.3 Å². The van der Waals surface area contributed by atoms with Gasteiger partial charge in [-0.3, -0.25) is 19.0 Å². The van der Waals surface area contributed by atoms with Crippen molar-refractivity contribution >= 4 is 56.5 Å². The molecule has 0 bridgehead atoms. The number of para-hydroxylation sites is 2. The lowest BCUT2D eigenvalue weighted by Gasteiger charge is -2.20. The van der Waals surface area contributed by atoms with Crippen LogP contribution in [-0.2, 0) is 16.6 Å². The summed E-state index contributed by atoms with van der Waals surface area (Å²) in [4.78, 5) is 43.1. The van der Waals surface area contributed by atoms with Gasteiger partial charge in [-0.05, 0) is 30.0 Å². The van der Waals surface area contributed by atoms with Crippen LogP contribution in [0.25, 0.3) is 10.2 Å². The predicted octanol–water partition coefficient (Wildman–Crippen LogP) is 2.85. The number of carbonyl (C=O) groups excluding carboxylic acids is 2. The van der Waals surface area contributed by atoms with Gasteiger partial charge >= 0.3 is 0 Å². The van der Waals surface area contributed by atoms with E-state index in [2.05, 4.69) is 10.3 Å². The van der Waals surface area contributed by atoms with Crippen molar-refractivity contribution in [3.63, 3.8) is 0 Å². The van der Waals surface area contributed by atoms with E-state index in [4.69, 9.17) is 0 Å². The molecule has 4 rings (SSSR count). The van der Waals surface area contributed by atoms with Crippen molar-refractivity contribution in [3.05, 3.63) is 46.1 Å². The second-order valence-electron chi connectivity index (χ2n) is 6.40. The number of nitrogens with zero attached hydrogens (tertiary/aromatic N) is 3. The molecule has 1 aliphatic heterocycles. The Bertz CT molecular complexity index is 1120. The summed E-state index contributed by atoms with van der Waals surface area (Å²) in [5.74, 6) is -0.0406. The zero-order valence-corrected chi connectivity index (χ0v) is 16.8. The van der Waals surface area contributed by atoms with Crippen LogP contribution >= 0.6 is 23.1 Å². The number of fused-ring (bicyclic) bond motifs is 1. The van der Waals surface area contributed by atoms with Crippen molar-refractivity contribution in [1.29, 1.82) is 0 Å². The van der Waals surface area contributed by atoms with Crippen LogP contribution in [0.2, 0.25) is 0 Å². The van der Waals surface area contributed by atoms with Gasteiger partial charge in [0.25, 0.3) is 5.56 Å². The molecule has 0 unspecified atom stereocenters. The molecule has 3 heterocycles. The highest BCUT2D eigenvalue weighted by Crippen LogP contribution is 2.29. The third kappa shape index (κ3) is 3.55. The molecule has 3 aromatic rings. The highest BCUT2D eigenvalue weighted by atomic mass is 32.2. The Hall–Kier alpha value is -2.65. The number of carbonyl (C=O) groups is 2. The normalized spacial score (nSPS) is 14.0. The first kappa shape index (κ1) is 18.7. The van der Waals surface area contributed by atoms with Crippen LogP contribution in [0.4, 0.5) is 11.4 Å². The van der Waals surface area contributed by atoms with Crippen molar-refractivity contribution in [1.82, 2.24) is 9.55 Å². The molecule has 1 N–H and O–H groups in total. The lowest BCUT2D eigenvalue weighted by Crippen LogP contribution is -2.26.